The van der Waals surface area contributed by atoms with Crippen molar-refractivity contribution in [3.63, 3.8) is 0 Å². The number of ether oxygens (including phenoxy) is 1. The van der Waals surface area contributed by atoms with Crippen molar-refractivity contribution in [3.8, 4) is 5.75 Å². The molecule has 0 spiro atoms. The summed E-state index contributed by atoms with van der Waals surface area (Å²) in [6, 6.07) is 11.9. The van der Waals surface area contributed by atoms with Gasteiger partial charge < -0.3 is 10.1 Å². The molecule has 3 rings (SSSR count). The molecule has 0 fully saturated rings. The number of nitrogens with zero attached hydrogens (tertiary/aromatic N) is 2. The first kappa shape index (κ1) is 18.7. The van der Waals surface area contributed by atoms with Crippen LogP contribution in [-0.2, 0) is 16.6 Å². The van der Waals surface area contributed by atoms with Crippen LogP contribution in [0.4, 0.5) is 11.5 Å². The second-order valence-corrected chi connectivity index (χ2v) is 7.56. The molecule has 0 radical (unpaired) electrons. The summed E-state index contributed by atoms with van der Waals surface area (Å²) >= 11 is 0. The van der Waals surface area contributed by atoms with Crippen molar-refractivity contribution >= 4 is 21.5 Å². The number of nitrogens with one attached hydrogen (secondary N) is 2. The summed E-state index contributed by atoms with van der Waals surface area (Å²) in [5.41, 5.74) is 2.21. The van der Waals surface area contributed by atoms with Crippen molar-refractivity contribution in [2.24, 2.45) is 0 Å². The van der Waals surface area contributed by atoms with E-state index in [9.17, 15) is 8.42 Å². The Morgan fingerprint density at radius 1 is 1.07 bits per heavy atom. The number of pyridine rings is 2. The Kier molecular flexibility index (Phi) is 5.56. The number of benzene rings is 1. The monoisotopic (exact) mass is 384 g/mol. The van der Waals surface area contributed by atoms with E-state index < -0.39 is 10.0 Å². The van der Waals surface area contributed by atoms with Gasteiger partial charge in [0.1, 0.15) is 11.6 Å². The fraction of sp³-hybridized carbons (Fsp3) is 0.158. The van der Waals surface area contributed by atoms with Gasteiger partial charge in [0.05, 0.1) is 23.9 Å². The maximum atomic E-state index is 12.5. The second kappa shape index (κ2) is 8.05. The number of anilines is 2. The molecular weight excluding hydrogens is 364 g/mol. The Hall–Kier alpha value is -3.13. The van der Waals surface area contributed by atoms with Crippen LogP contribution in [0.5, 0.6) is 5.75 Å². The highest BCUT2D eigenvalue weighted by Gasteiger charge is 2.15. The van der Waals surface area contributed by atoms with E-state index in [-0.39, 0.29) is 4.90 Å². The van der Waals surface area contributed by atoms with E-state index in [1.165, 1.54) is 12.3 Å². The molecule has 0 aliphatic carbocycles. The van der Waals surface area contributed by atoms with E-state index in [1.807, 2.05) is 12.1 Å². The topological polar surface area (TPSA) is 93.2 Å². The van der Waals surface area contributed by atoms with Crippen molar-refractivity contribution < 1.29 is 13.2 Å². The number of sulfonamides is 1. The first-order valence-corrected chi connectivity index (χ1v) is 9.72. The van der Waals surface area contributed by atoms with Gasteiger partial charge in [-0.15, -0.1) is 0 Å². The second-order valence-electron chi connectivity index (χ2n) is 5.88. The molecule has 0 saturated carbocycles. The van der Waals surface area contributed by atoms with Gasteiger partial charge in [-0.1, -0.05) is 0 Å². The quantitative estimate of drug-likeness (QED) is 0.650. The van der Waals surface area contributed by atoms with Crippen LogP contribution in [0.25, 0.3) is 0 Å². The first-order chi connectivity index (χ1) is 13.0. The van der Waals surface area contributed by atoms with Crippen molar-refractivity contribution in [2.45, 2.75) is 18.4 Å². The molecule has 0 aliphatic rings. The molecule has 7 nitrogen and oxygen atoms in total. The van der Waals surface area contributed by atoms with Crippen LogP contribution in [0.3, 0.4) is 0 Å². The molecule has 140 valence electrons. The summed E-state index contributed by atoms with van der Waals surface area (Å²) in [4.78, 5) is 8.38. The third kappa shape index (κ3) is 4.73. The maximum Gasteiger partial charge on any atom is 0.261 e. The molecule has 0 amide bonds. The van der Waals surface area contributed by atoms with Crippen molar-refractivity contribution in [1.82, 2.24) is 9.97 Å². The van der Waals surface area contributed by atoms with Crippen LogP contribution in [0.2, 0.25) is 0 Å². The van der Waals surface area contributed by atoms with E-state index >= 15 is 0 Å². The zero-order valence-corrected chi connectivity index (χ0v) is 15.8. The summed E-state index contributed by atoms with van der Waals surface area (Å²) in [6.45, 7) is 2.40. The molecule has 2 heterocycles. The third-order valence-electron chi connectivity index (χ3n) is 3.92. The number of hydrogen-bond acceptors (Lipinski definition) is 6. The van der Waals surface area contributed by atoms with Gasteiger partial charge in [-0.25, -0.2) is 13.4 Å². The highest BCUT2D eigenvalue weighted by Crippen LogP contribution is 2.23. The summed E-state index contributed by atoms with van der Waals surface area (Å²) in [5, 5.41) is 3.17. The summed E-state index contributed by atoms with van der Waals surface area (Å²) in [7, 11) is -2.16. The maximum absolute atomic E-state index is 12.5. The Labute approximate surface area is 158 Å². The van der Waals surface area contributed by atoms with Crippen LogP contribution >= 0.6 is 0 Å². The minimum atomic E-state index is -3.70. The smallest absolute Gasteiger partial charge is 0.261 e. The lowest BCUT2D eigenvalue weighted by Gasteiger charge is -2.11. The van der Waals surface area contributed by atoms with Gasteiger partial charge in [0, 0.05) is 18.9 Å². The number of hydrogen-bond donors (Lipinski definition) is 2. The zero-order chi connectivity index (χ0) is 19.3. The predicted octanol–water partition coefficient (Wildman–Crippen LogP) is 3.21. The lowest BCUT2D eigenvalue weighted by Crippen LogP contribution is -2.13. The highest BCUT2D eigenvalue weighted by atomic mass is 32.2. The molecule has 0 bridgehead atoms. The lowest BCUT2D eigenvalue weighted by atomic mass is 10.2. The van der Waals surface area contributed by atoms with Crippen LogP contribution < -0.4 is 14.8 Å². The average molecular weight is 384 g/mol. The average Bonchev–Trinajstić information content (AvgIpc) is 2.68. The molecule has 8 heteroatoms. The highest BCUT2D eigenvalue weighted by molar-refractivity contribution is 7.92. The molecule has 0 atom stereocenters. The fourth-order valence-electron chi connectivity index (χ4n) is 2.48. The van der Waals surface area contributed by atoms with Crippen LogP contribution in [0, 0.1) is 6.92 Å². The van der Waals surface area contributed by atoms with Crippen molar-refractivity contribution in [2.75, 3.05) is 17.1 Å². The van der Waals surface area contributed by atoms with Crippen molar-refractivity contribution in [3.05, 3.63) is 72.2 Å². The minimum absolute atomic E-state index is 0.167. The summed E-state index contributed by atoms with van der Waals surface area (Å²) in [6.07, 6.45) is 4.93. The molecule has 0 aliphatic heterocycles. The normalized spacial score (nSPS) is 11.0. The van der Waals surface area contributed by atoms with Gasteiger partial charge in [0.15, 0.2) is 0 Å². The Morgan fingerprint density at radius 3 is 2.48 bits per heavy atom. The van der Waals surface area contributed by atoms with E-state index in [1.54, 1.807) is 50.7 Å². The van der Waals surface area contributed by atoms with E-state index in [4.69, 9.17) is 4.74 Å². The molecule has 1 aromatic carbocycles. The van der Waals surface area contributed by atoms with Crippen LogP contribution in [0.15, 0.2) is 66.0 Å². The number of aryl methyl sites for hydroxylation is 1. The molecule has 0 unspecified atom stereocenters. The van der Waals surface area contributed by atoms with Gasteiger partial charge in [-0.3, -0.25) is 9.71 Å². The summed E-state index contributed by atoms with van der Waals surface area (Å²) in [5.74, 6) is 1.29. The molecule has 2 N–H and O–H groups in total. The fourth-order valence-corrected chi connectivity index (χ4v) is 3.61. The minimum Gasteiger partial charge on any atom is -0.496 e. The van der Waals surface area contributed by atoms with E-state index in [2.05, 4.69) is 20.0 Å². The number of methoxy groups -OCH3 is 1. The lowest BCUT2D eigenvalue weighted by molar-refractivity contribution is 0.411. The molecule has 3 aromatic rings. The molecule has 27 heavy (non-hydrogen) atoms. The standard InChI is InChI=1S/C19H20N4O3S/c1-14-11-17(4-5-18(14)26-2)27(24,25)23-16-3-6-19(22-13-16)21-12-15-7-9-20-10-8-15/h3-11,13,23H,12H2,1-2H3,(H,21,22). The van der Waals surface area contributed by atoms with Gasteiger partial charge in [0.25, 0.3) is 10.0 Å². The van der Waals surface area contributed by atoms with Crippen LogP contribution in [0.1, 0.15) is 11.1 Å². The van der Waals surface area contributed by atoms with E-state index in [0.29, 0.717) is 23.8 Å². The number of aromatic nitrogens is 2. The zero-order valence-electron chi connectivity index (χ0n) is 15.0. The van der Waals surface area contributed by atoms with Gasteiger partial charge >= 0.3 is 0 Å². The van der Waals surface area contributed by atoms with Gasteiger partial charge in [-0.2, -0.15) is 0 Å². The summed E-state index contributed by atoms with van der Waals surface area (Å²) < 4.78 is 32.8. The van der Waals surface area contributed by atoms with Gasteiger partial charge in [-0.05, 0) is 60.5 Å². The Morgan fingerprint density at radius 2 is 1.85 bits per heavy atom. The van der Waals surface area contributed by atoms with Crippen LogP contribution in [-0.4, -0.2) is 25.5 Å². The van der Waals surface area contributed by atoms with E-state index in [0.717, 1.165) is 11.1 Å². The third-order valence-corrected chi connectivity index (χ3v) is 5.29. The van der Waals surface area contributed by atoms with Gasteiger partial charge in [0.2, 0.25) is 0 Å². The largest absolute Gasteiger partial charge is 0.496 e. The molecule has 0 saturated heterocycles. The molecule has 2 aromatic heterocycles. The van der Waals surface area contributed by atoms with Crippen molar-refractivity contribution in [1.29, 1.82) is 0 Å². The Bertz CT molecular complexity index is 1010. The first-order valence-electron chi connectivity index (χ1n) is 8.24. The predicted molar refractivity (Wildman–Crippen MR) is 104 cm³/mol. The Balaban J connectivity index is 1.67. The molecular formula is C19H20N4O3S. The number of rotatable bonds is 7. The SMILES string of the molecule is COc1ccc(S(=O)(=O)Nc2ccc(NCc3ccncc3)nc2)cc1C.